The Kier molecular flexibility index (Phi) is 6.31. The van der Waals surface area contributed by atoms with Crippen LogP contribution in [0.25, 0.3) is 0 Å². The minimum Gasteiger partial charge on any atom is -0.497 e. The molecule has 0 spiro atoms. The Hall–Kier alpha value is -3.39. The molecule has 31 heavy (non-hydrogen) atoms. The van der Waals surface area contributed by atoms with Crippen molar-refractivity contribution in [3.05, 3.63) is 81.8 Å². The number of hydrogen-bond acceptors (Lipinski definition) is 5. The lowest BCUT2D eigenvalue weighted by molar-refractivity contribution is -0.116. The lowest BCUT2D eigenvalue weighted by Gasteiger charge is -2.15. The lowest BCUT2D eigenvalue weighted by atomic mass is 10.2. The third-order valence-corrected chi connectivity index (χ3v) is 6.83. The number of sulfone groups is 1. The van der Waals surface area contributed by atoms with Crippen LogP contribution in [0.1, 0.15) is 16.8 Å². The smallest absolute Gasteiger partial charge is 0.270 e. The third kappa shape index (κ3) is 4.69. The summed E-state index contributed by atoms with van der Waals surface area (Å²) in [7, 11) is -2.52. The van der Waals surface area contributed by atoms with Gasteiger partial charge in [0.2, 0.25) is 15.7 Å². The summed E-state index contributed by atoms with van der Waals surface area (Å²) in [6, 6.07) is 14.7. The zero-order chi connectivity index (χ0) is 22.8. The molecule has 3 rings (SSSR count). The Morgan fingerprint density at radius 3 is 2.35 bits per heavy atom. The lowest BCUT2D eigenvalue weighted by Crippen LogP contribution is -2.33. The van der Waals surface area contributed by atoms with Gasteiger partial charge in [0, 0.05) is 17.4 Å². The van der Waals surface area contributed by atoms with Gasteiger partial charge < -0.3 is 14.6 Å². The average Bonchev–Trinajstić information content (AvgIpc) is 2.71. The number of carbonyl (C=O) groups excluding carboxylic acids is 1. The molecule has 8 heteroatoms. The molecule has 162 valence electrons. The van der Waals surface area contributed by atoms with E-state index in [1.54, 1.807) is 56.3 Å². The number of hydrogen-bond donors (Lipinski definition) is 1. The summed E-state index contributed by atoms with van der Waals surface area (Å²) in [6.07, 6.45) is 0. The minimum atomic E-state index is -4.04. The highest BCUT2D eigenvalue weighted by Gasteiger charge is 2.26. The maximum Gasteiger partial charge on any atom is 0.270 e. The van der Waals surface area contributed by atoms with Gasteiger partial charge in [0.15, 0.2) is 0 Å². The van der Waals surface area contributed by atoms with Crippen molar-refractivity contribution in [2.24, 2.45) is 0 Å². The highest BCUT2D eigenvalue weighted by atomic mass is 32.2. The molecule has 0 aliphatic rings. The summed E-state index contributed by atoms with van der Waals surface area (Å²) in [6.45, 7) is 4.77. The van der Waals surface area contributed by atoms with Crippen LogP contribution in [-0.4, -0.2) is 26.0 Å². The normalized spacial score (nSPS) is 11.2. The maximum atomic E-state index is 13.2. The van der Waals surface area contributed by atoms with Crippen molar-refractivity contribution in [2.75, 3.05) is 12.4 Å². The molecule has 3 aromatic rings. The van der Waals surface area contributed by atoms with E-state index in [1.807, 2.05) is 6.92 Å². The van der Waals surface area contributed by atoms with Crippen molar-refractivity contribution < 1.29 is 17.9 Å². The number of anilines is 1. The summed E-state index contributed by atoms with van der Waals surface area (Å²) in [5.74, 6) is 0.119. The van der Waals surface area contributed by atoms with E-state index >= 15 is 0 Å². The minimum absolute atomic E-state index is 0.0366. The van der Waals surface area contributed by atoms with Crippen LogP contribution in [0.2, 0.25) is 0 Å². The first-order chi connectivity index (χ1) is 14.6. The largest absolute Gasteiger partial charge is 0.497 e. The first kappa shape index (κ1) is 22.3. The highest BCUT2D eigenvalue weighted by molar-refractivity contribution is 7.91. The highest BCUT2D eigenvalue weighted by Crippen LogP contribution is 2.22. The van der Waals surface area contributed by atoms with Crippen LogP contribution in [0, 0.1) is 20.8 Å². The van der Waals surface area contributed by atoms with Crippen molar-refractivity contribution >= 4 is 21.4 Å². The predicted octanol–water partition coefficient (Wildman–Crippen LogP) is 3.25. The van der Waals surface area contributed by atoms with E-state index in [0.29, 0.717) is 22.7 Å². The van der Waals surface area contributed by atoms with E-state index in [9.17, 15) is 18.0 Å². The van der Waals surface area contributed by atoms with Crippen LogP contribution in [-0.2, 0) is 21.2 Å². The molecular formula is C23H24N2O5S. The second kappa shape index (κ2) is 8.77. The van der Waals surface area contributed by atoms with Gasteiger partial charge in [0.25, 0.3) is 5.56 Å². The number of ether oxygens (including phenoxy) is 1. The zero-order valence-corrected chi connectivity index (χ0v) is 18.6. The number of carbonyl (C=O) groups is 1. The van der Waals surface area contributed by atoms with E-state index in [2.05, 4.69) is 5.32 Å². The molecule has 0 fully saturated rings. The van der Waals surface area contributed by atoms with E-state index < -0.39 is 21.3 Å². The summed E-state index contributed by atoms with van der Waals surface area (Å²) in [4.78, 5) is 25.5. The Morgan fingerprint density at radius 1 is 1.03 bits per heavy atom. The number of benzene rings is 2. The Labute approximate surface area is 181 Å². The summed E-state index contributed by atoms with van der Waals surface area (Å²) >= 11 is 0. The number of aromatic nitrogens is 1. The SMILES string of the molecule is COc1cccc(NC(=O)Cn2c(C)cc(C)c(S(=O)(=O)c3ccc(C)cc3)c2=O)c1. The average molecular weight is 441 g/mol. The molecule has 2 aromatic carbocycles. The van der Waals surface area contributed by atoms with Crippen molar-refractivity contribution in [3.63, 3.8) is 0 Å². The number of amides is 1. The second-order valence-electron chi connectivity index (χ2n) is 7.29. The Balaban J connectivity index is 1.98. The van der Waals surface area contributed by atoms with Gasteiger partial charge in [0.05, 0.1) is 12.0 Å². The molecule has 0 radical (unpaired) electrons. The quantitative estimate of drug-likeness (QED) is 0.635. The van der Waals surface area contributed by atoms with Crippen molar-refractivity contribution in [1.29, 1.82) is 0 Å². The summed E-state index contributed by atoms with van der Waals surface area (Å²) in [5, 5.41) is 2.70. The molecule has 1 aromatic heterocycles. The molecule has 0 aliphatic heterocycles. The number of nitrogens with zero attached hydrogens (tertiary/aromatic N) is 1. The number of rotatable bonds is 6. The third-order valence-electron chi connectivity index (χ3n) is 4.90. The second-order valence-corrected chi connectivity index (χ2v) is 9.17. The van der Waals surface area contributed by atoms with Crippen molar-refractivity contribution in [2.45, 2.75) is 37.1 Å². The van der Waals surface area contributed by atoms with Gasteiger partial charge >= 0.3 is 0 Å². The van der Waals surface area contributed by atoms with E-state index in [-0.39, 0.29) is 16.3 Å². The predicted molar refractivity (Wildman–Crippen MR) is 118 cm³/mol. The van der Waals surface area contributed by atoms with Crippen molar-refractivity contribution in [3.8, 4) is 5.75 Å². The van der Waals surface area contributed by atoms with E-state index in [4.69, 9.17) is 4.74 Å². The van der Waals surface area contributed by atoms with Crippen LogP contribution in [0.5, 0.6) is 5.75 Å². The number of aryl methyl sites for hydroxylation is 3. The fourth-order valence-corrected chi connectivity index (χ4v) is 4.86. The van der Waals surface area contributed by atoms with Gasteiger partial charge in [0.1, 0.15) is 17.2 Å². The van der Waals surface area contributed by atoms with Crippen LogP contribution >= 0.6 is 0 Å². The molecule has 0 bridgehead atoms. The monoisotopic (exact) mass is 440 g/mol. The van der Waals surface area contributed by atoms with Crippen molar-refractivity contribution in [1.82, 2.24) is 4.57 Å². The Morgan fingerprint density at radius 2 is 1.71 bits per heavy atom. The molecule has 1 amide bonds. The first-order valence-electron chi connectivity index (χ1n) is 9.60. The molecule has 0 aliphatic carbocycles. The molecule has 0 saturated carbocycles. The van der Waals surface area contributed by atoms with Crippen LogP contribution in [0.3, 0.4) is 0 Å². The molecule has 1 heterocycles. The molecule has 0 unspecified atom stereocenters. The number of methoxy groups -OCH3 is 1. The summed E-state index contributed by atoms with van der Waals surface area (Å²) in [5.41, 5.74) is 1.53. The number of nitrogens with one attached hydrogen (secondary N) is 1. The fourth-order valence-electron chi connectivity index (χ4n) is 3.31. The van der Waals surface area contributed by atoms with E-state index in [1.165, 1.54) is 23.8 Å². The molecule has 1 N–H and O–H groups in total. The summed E-state index contributed by atoms with van der Waals surface area (Å²) < 4.78 is 32.6. The topological polar surface area (TPSA) is 94.5 Å². The van der Waals surface area contributed by atoms with Gasteiger partial charge in [-0.1, -0.05) is 23.8 Å². The van der Waals surface area contributed by atoms with Gasteiger partial charge in [-0.25, -0.2) is 8.42 Å². The van der Waals surface area contributed by atoms with Crippen LogP contribution in [0.15, 0.2) is 69.2 Å². The standard InChI is InChI=1S/C23H24N2O5S/c1-15-8-10-20(11-9-15)31(28,29)22-16(2)12-17(3)25(23(22)27)14-21(26)24-18-6-5-7-19(13-18)30-4/h5-13H,14H2,1-4H3,(H,24,26). The van der Waals surface area contributed by atoms with E-state index in [0.717, 1.165) is 5.56 Å². The zero-order valence-electron chi connectivity index (χ0n) is 17.8. The van der Waals surface area contributed by atoms with Crippen LogP contribution < -0.4 is 15.6 Å². The molecule has 0 atom stereocenters. The molecular weight excluding hydrogens is 416 g/mol. The first-order valence-corrected chi connectivity index (χ1v) is 11.1. The molecule has 0 saturated heterocycles. The van der Waals surface area contributed by atoms with Gasteiger partial charge in [-0.2, -0.15) is 0 Å². The molecule has 7 nitrogen and oxygen atoms in total. The number of pyridine rings is 1. The van der Waals surface area contributed by atoms with Gasteiger partial charge in [-0.3, -0.25) is 9.59 Å². The van der Waals surface area contributed by atoms with Gasteiger partial charge in [-0.15, -0.1) is 0 Å². The fraction of sp³-hybridized carbons (Fsp3) is 0.217. The van der Waals surface area contributed by atoms with Gasteiger partial charge in [-0.05, 0) is 56.7 Å². The Bertz CT molecular complexity index is 1290. The maximum absolute atomic E-state index is 13.2. The van der Waals surface area contributed by atoms with Crippen LogP contribution in [0.4, 0.5) is 5.69 Å².